The number of nitrogens with one attached hydrogen (secondary N) is 2. The maximum Gasteiger partial charge on any atom is 0.252 e. The number of carbonyl (C=O) groups excluding carboxylic acids is 2. The van der Waals surface area contributed by atoms with Gasteiger partial charge in [0.15, 0.2) is 0 Å². The number of amides is 2. The van der Waals surface area contributed by atoms with Crippen LogP contribution >= 0.6 is 0 Å². The zero-order valence-electron chi connectivity index (χ0n) is 26.8. The van der Waals surface area contributed by atoms with Crippen molar-refractivity contribution in [2.24, 2.45) is 0 Å². The highest BCUT2D eigenvalue weighted by Gasteiger charge is 2.16. The molecule has 0 radical (unpaired) electrons. The predicted octanol–water partition coefficient (Wildman–Crippen LogP) is 8.29. The third kappa shape index (κ3) is 6.52. The summed E-state index contributed by atoms with van der Waals surface area (Å²) in [4.78, 5) is 36.5. The fraction of sp³-hybridized carbons (Fsp3) is 0.200. The van der Waals surface area contributed by atoms with Gasteiger partial charge in [-0.15, -0.1) is 0 Å². The first-order valence-corrected chi connectivity index (χ1v) is 15.8. The van der Waals surface area contributed by atoms with Crippen LogP contribution in [0.5, 0.6) is 0 Å². The fourth-order valence-corrected chi connectivity index (χ4v) is 6.05. The molecule has 0 bridgehead atoms. The zero-order valence-corrected chi connectivity index (χ0v) is 26.8. The van der Waals surface area contributed by atoms with Gasteiger partial charge in [-0.3, -0.25) is 9.59 Å². The van der Waals surface area contributed by atoms with Gasteiger partial charge in [-0.2, -0.15) is 0 Å². The van der Waals surface area contributed by atoms with Crippen LogP contribution in [-0.2, 0) is 0 Å². The Labute approximate surface area is 269 Å². The summed E-state index contributed by atoms with van der Waals surface area (Å²) >= 11 is 0. The summed E-state index contributed by atoms with van der Waals surface area (Å²) in [7, 11) is 0. The Balaban J connectivity index is 1.10. The number of aromatic nitrogens is 2. The second-order valence-corrected chi connectivity index (χ2v) is 12.0. The van der Waals surface area contributed by atoms with E-state index >= 15 is 0 Å². The first-order valence-electron chi connectivity index (χ1n) is 15.8. The number of hydrogen-bond acceptors (Lipinski definition) is 4. The van der Waals surface area contributed by atoms with Gasteiger partial charge in [0.25, 0.3) is 11.8 Å². The van der Waals surface area contributed by atoms with Crippen LogP contribution in [0.25, 0.3) is 44.3 Å². The normalized spacial score (nSPS) is 11.1. The monoisotopic (exact) mass is 606 g/mol. The number of benzene rings is 4. The van der Waals surface area contributed by atoms with E-state index in [2.05, 4.69) is 74.7 Å². The Hall–Kier alpha value is -5.36. The van der Waals surface area contributed by atoms with E-state index in [0.29, 0.717) is 24.2 Å². The molecule has 0 fully saturated rings. The topological polar surface area (TPSA) is 84.0 Å². The van der Waals surface area contributed by atoms with Crippen molar-refractivity contribution in [2.75, 3.05) is 13.1 Å². The lowest BCUT2D eigenvalue weighted by Gasteiger charge is -2.13. The Morgan fingerprint density at radius 1 is 0.543 bits per heavy atom. The first kappa shape index (κ1) is 30.7. The number of nitrogens with zero attached hydrogens (tertiary/aromatic N) is 2. The van der Waals surface area contributed by atoms with Crippen LogP contribution in [0.2, 0.25) is 0 Å². The molecule has 2 aromatic heterocycles. The fourth-order valence-electron chi connectivity index (χ4n) is 6.05. The number of aryl methyl sites for hydroxylation is 4. The number of para-hydroxylation sites is 2. The number of fused-ring (bicyclic) bond motifs is 2. The highest BCUT2D eigenvalue weighted by molar-refractivity contribution is 6.08. The quantitative estimate of drug-likeness (QED) is 0.162. The van der Waals surface area contributed by atoms with E-state index in [9.17, 15) is 9.59 Å². The van der Waals surface area contributed by atoms with Crippen LogP contribution in [0.15, 0.2) is 97.1 Å². The van der Waals surface area contributed by atoms with Crippen LogP contribution in [0, 0.1) is 27.7 Å². The van der Waals surface area contributed by atoms with Gasteiger partial charge in [-0.1, -0.05) is 83.9 Å². The Morgan fingerprint density at radius 3 is 1.37 bits per heavy atom. The van der Waals surface area contributed by atoms with Crippen LogP contribution in [-0.4, -0.2) is 34.9 Å². The molecule has 2 heterocycles. The molecule has 2 N–H and O–H groups in total. The summed E-state index contributed by atoms with van der Waals surface area (Å²) in [6.45, 7) is 9.27. The zero-order chi connectivity index (χ0) is 32.2. The highest BCUT2D eigenvalue weighted by Crippen LogP contribution is 2.29. The lowest BCUT2D eigenvalue weighted by atomic mass is 9.99. The molecule has 0 aliphatic heterocycles. The van der Waals surface area contributed by atoms with Gasteiger partial charge in [0, 0.05) is 35.0 Å². The van der Waals surface area contributed by atoms with Crippen LogP contribution in [0.1, 0.15) is 55.8 Å². The molecule has 0 spiro atoms. The molecule has 0 aliphatic carbocycles. The Morgan fingerprint density at radius 2 is 0.957 bits per heavy atom. The smallest absolute Gasteiger partial charge is 0.252 e. The largest absolute Gasteiger partial charge is 0.352 e. The van der Waals surface area contributed by atoms with Crippen molar-refractivity contribution in [1.82, 2.24) is 20.6 Å². The molecule has 46 heavy (non-hydrogen) atoms. The average molecular weight is 607 g/mol. The molecule has 0 saturated heterocycles. The minimum atomic E-state index is -0.129. The van der Waals surface area contributed by atoms with Gasteiger partial charge in [0.1, 0.15) is 0 Å². The number of pyridine rings is 2. The molecule has 6 nitrogen and oxygen atoms in total. The molecule has 0 aliphatic rings. The van der Waals surface area contributed by atoms with Crippen molar-refractivity contribution in [2.45, 2.75) is 40.5 Å². The number of hydrogen-bond donors (Lipinski definition) is 2. The average Bonchev–Trinajstić information content (AvgIpc) is 3.05. The van der Waals surface area contributed by atoms with E-state index in [4.69, 9.17) is 9.97 Å². The van der Waals surface area contributed by atoms with Crippen molar-refractivity contribution in [3.63, 3.8) is 0 Å². The second-order valence-electron chi connectivity index (χ2n) is 12.0. The summed E-state index contributed by atoms with van der Waals surface area (Å²) in [6, 6.07) is 31.8. The molecule has 0 saturated carbocycles. The molecule has 6 heteroatoms. The molecule has 4 aromatic carbocycles. The van der Waals surface area contributed by atoms with Crippen molar-refractivity contribution < 1.29 is 9.59 Å². The van der Waals surface area contributed by atoms with Crippen molar-refractivity contribution in [1.29, 1.82) is 0 Å². The molecule has 0 atom stereocenters. The number of unbranched alkanes of at least 4 members (excludes halogenated alkanes) is 1. The van der Waals surface area contributed by atoms with Gasteiger partial charge in [0.05, 0.1) is 33.5 Å². The van der Waals surface area contributed by atoms with E-state index in [1.54, 1.807) is 0 Å². The maximum absolute atomic E-state index is 13.4. The summed E-state index contributed by atoms with van der Waals surface area (Å²) in [6.07, 6.45) is 1.45. The van der Waals surface area contributed by atoms with Gasteiger partial charge >= 0.3 is 0 Å². The Bertz CT molecular complexity index is 1950. The van der Waals surface area contributed by atoms with Gasteiger partial charge in [-0.25, -0.2) is 9.97 Å². The molecule has 6 rings (SSSR count). The molecule has 2 amide bonds. The SMILES string of the molecule is Cc1ccc(-c2cc(C(=O)NCCCCNC(=O)c3cc(-c4ccc(C)cc4C)nc4ccccc34)c3ccccc3n2)c(C)c1. The van der Waals surface area contributed by atoms with Crippen molar-refractivity contribution in [3.8, 4) is 22.5 Å². The maximum atomic E-state index is 13.4. The number of rotatable bonds is 9. The molecular weight excluding hydrogens is 568 g/mol. The van der Waals surface area contributed by atoms with Gasteiger partial charge in [-0.05, 0) is 75.9 Å². The van der Waals surface area contributed by atoms with Crippen LogP contribution < -0.4 is 10.6 Å². The Kier molecular flexibility index (Phi) is 8.88. The number of carbonyl (C=O) groups is 2. The molecule has 6 aromatic rings. The minimum Gasteiger partial charge on any atom is -0.352 e. The lowest BCUT2D eigenvalue weighted by Crippen LogP contribution is -2.27. The van der Waals surface area contributed by atoms with E-state index in [1.165, 1.54) is 11.1 Å². The predicted molar refractivity (Wildman–Crippen MR) is 187 cm³/mol. The van der Waals surface area contributed by atoms with Gasteiger partial charge < -0.3 is 10.6 Å². The first-order chi connectivity index (χ1) is 22.3. The molecule has 230 valence electrons. The third-order valence-electron chi connectivity index (χ3n) is 8.41. The molecular formula is C40H38N4O2. The van der Waals surface area contributed by atoms with Crippen LogP contribution in [0.3, 0.4) is 0 Å². The molecule has 0 unspecified atom stereocenters. The van der Waals surface area contributed by atoms with E-state index in [1.807, 2.05) is 60.7 Å². The van der Waals surface area contributed by atoms with E-state index in [0.717, 1.165) is 68.3 Å². The van der Waals surface area contributed by atoms with E-state index < -0.39 is 0 Å². The summed E-state index contributed by atoms with van der Waals surface area (Å²) < 4.78 is 0. The van der Waals surface area contributed by atoms with Crippen LogP contribution in [0.4, 0.5) is 0 Å². The standard InChI is InChI=1S/C40H38N4O2/c1-25-15-17-29(27(3)21-25)37-23-33(31-11-5-7-13-35(31)43-37)39(45)41-19-9-10-20-42-40(46)34-24-38(30-18-16-26(2)22-28(30)4)44-36-14-8-6-12-32(34)36/h5-8,11-18,21-24H,9-10,19-20H2,1-4H3,(H,41,45)(H,42,46). The summed E-state index contributed by atoms with van der Waals surface area (Å²) in [5, 5.41) is 7.82. The summed E-state index contributed by atoms with van der Waals surface area (Å²) in [5.41, 5.74) is 11.0. The van der Waals surface area contributed by atoms with Crippen molar-refractivity contribution >= 4 is 33.6 Å². The summed E-state index contributed by atoms with van der Waals surface area (Å²) in [5.74, 6) is -0.258. The minimum absolute atomic E-state index is 0.129. The van der Waals surface area contributed by atoms with Crippen molar-refractivity contribution in [3.05, 3.63) is 130 Å². The van der Waals surface area contributed by atoms with E-state index in [-0.39, 0.29) is 11.8 Å². The second kappa shape index (κ2) is 13.3. The van der Waals surface area contributed by atoms with Gasteiger partial charge in [0.2, 0.25) is 0 Å². The lowest BCUT2D eigenvalue weighted by molar-refractivity contribution is 0.0941. The highest BCUT2D eigenvalue weighted by atomic mass is 16.2. The third-order valence-corrected chi connectivity index (χ3v) is 8.41.